The number of allylic oxidation sites excluding steroid dienone is 1. The average Bonchev–Trinajstić information content (AvgIpc) is 1.91. The molecule has 1 nitrogen and oxygen atoms in total. The fraction of sp³-hybridized carbons (Fsp3) is 0.667. The summed E-state index contributed by atoms with van der Waals surface area (Å²) in [7, 11) is 0. The fourth-order valence-electron chi connectivity index (χ4n) is 0.707. The molecule has 1 heterocycles. The van der Waals surface area contributed by atoms with Crippen molar-refractivity contribution in [2.75, 3.05) is 6.54 Å². The van der Waals surface area contributed by atoms with Gasteiger partial charge in [-0.05, 0) is 20.3 Å². The van der Waals surface area contributed by atoms with Crippen LogP contribution in [0.15, 0.2) is 11.3 Å². The lowest BCUT2D eigenvalue weighted by atomic mass is 10.2. The highest BCUT2D eigenvalue weighted by molar-refractivity contribution is 5.12. The molecular weight excluding hydrogens is 86.1 g/mol. The molecule has 0 aromatic rings. The molecule has 0 N–H and O–H groups in total. The van der Waals surface area contributed by atoms with Gasteiger partial charge in [0.15, 0.2) is 0 Å². The summed E-state index contributed by atoms with van der Waals surface area (Å²) < 4.78 is 0. The van der Waals surface area contributed by atoms with Crippen molar-refractivity contribution in [2.24, 2.45) is 0 Å². The molecule has 0 atom stereocenters. The molecule has 7 heavy (non-hydrogen) atoms. The molecular formula is C6H10N. The summed E-state index contributed by atoms with van der Waals surface area (Å²) in [6.45, 7) is 5.24. The lowest BCUT2D eigenvalue weighted by Crippen LogP contribution is -1.92. The third-order valence-electron chi connectivity index (χ3n) is 1.45. The maximum Gasteiger partial charge on any atom is 0.0430 e. The first-order valence-electron chi connectivity index (χ1n) is 2.64. The second kappa shape index (κ2) is 1.57. The van der Waals surface area contributed by atoms with Crippen molar-refractivity contribution in [1.29, 1.82) is 0 Å². The second-order valence-corrected chi connectivity index (χ2v) is 2.00. The Bertz CT molecular complexity index is 90.7. The van der Waals surface area contributed by atoms with Gasteiger partial charge in [0.1, 0.15) is 0 Å². The highest BCUT2D eigenvalue weighted by Crippen LogP contribution is 2.11. The summed E-state index contributed by atoms with van der Waals surface area (Å²) in [5.74, 6) is 0. The van der Waals surface area contributed by atoms with Crippen LogP contribution in [-0.2, 0) is 0 Å². The third kappa shape index (κ3) is 0.763. The van der Waals surface area contributed by atoms with Crippen molar-refractivity contribution in [3.8, 4) is 0 Å². The molecule has 0 aromatic carbocycles. The van der Waals surface area contributed by atoms with Gasteiger partial charge in [-0.1, -0.05) is 5.57 Å². The third-order valence-corrected chi connectivity index (χ3v) is 1.45. The maximum absolute atomic E-state index is 4.20. The van der Waals surface area contributed by atoms with E-state index in [1.165, 1.54) is 17.7 Å². The fourth-order valence-corrected chi connectivity index (χ4v) is 0.707. The van der Waals surface area contributed by atoms with Gasteiger partial charge in [0.25, 0.3) is 0 Å². The van der Waals surface area contributed by atoms with E-state index in [-0.39, 0.29) is 0 Å². The van der Waals surface area contributed by atoms with Crippen molar-refractivity contribution in [2.45, 2.75) is 20.3 Å². The molecule has 0 amide bonds. The van der Waals surface area contributed by atoms with E-state index in [4.69, 9.17) is 0 Å². The Balaban J connectivity index is 2.64. The second-order valence-electron chi connectivity index (χ2n) is 2.00. The standard InChI is InChI=1S/C6H10N/c1-5-3-4-7-6(5)2/h3-4H2,1-2H3. The van der Waals surface area contributed by atoms with E-state index in [2.05, 4.69) is 19.2 Å². The quantitative estimate of drug-likeness (QED) is 0.431. The van der Waals surface area contributed by atoms with Crippen molar-refractivity contribution in [3.05, 3.63) is 11.3 Å². The largest absolute Gasteiger partial charge is 0.290 e. The molecule has 0 unspecified atom stereocenters. The molecule has 1 rings (SSSR count). The van der Waals surface area contributed by atoms with Crippen LogP contribution in [0.25, 0.3) is 0 Å². The van der Waals surface area contributed by atoms with Gasteiger partial charge in [-0.3, -0.25) is 5.32 Å². The minimum absolute atomic E-state index is 1.03. The van der Waals surface area contributed by atoms with Crippen LogP contribution in [0, 0.1) is 0 Å². The Morgan fingerprint density at radius 2 is 2.14 bits per heavy atom. The first-order chi connectivity index (χ1) is 3.30. The molecule has 0 fully saturated rings. The van der Waals surface area contributed by atoms with Crippen molar-refractivity contribution in [1.82, 2.24) is 5.32 Å². The summed E-state index contributed by atoms with van der Waals surface area (Å²) in [6, 6.07) is 0. The monoisotopic (exact) mass is 96.1 g/mol. The Kier molecular flexibility index (Phi) is 1.05. The topological polar surface area (TPSA) is 14.1 Å². The van der Waals surface area contributed by atoms with Gasteiger partial charge in [0, 0.05) is 12.2 Å². The minimum Gasteiger partial charge on any atom is -0.290 e. The Labute approximate surface area is 44.4 Å². The van der Waals surface area contributed by atoms with Gasteiger partial charge < -0.3 is 0 Å². The number of hydrogen-bond donors (Lipinski definition) is 0. The van der Waals surface area contributed by atoms with Crippen LogP contribution < -0.4 is 5.32 Å². The molecule has 39 valence electrons. The first kappa shape index (κ1) is 4.69. The molecule has 0 bridgehead atoms. The van der Waals surface area contributed by atoms with Crippen LogP contribution >= 0.6 is 0 Å². The Morgan fingerprint density at radius 1 is 1.43 bits per heavy atom. The van der Waals surface area contributed by atoms with Gasteiger partial charge in [0.2, 0.25) is 0 Å². The normalized spacial score (nSPS) is 20.3. The Hall–Kier alpha value is -0.460. The van der Waals surface area contributed by atoms with Crippen LogP contribution in [-0.4, -0.2) is 6.54 Å². The van der Waals surface area contributed by atoms with E-state index in [1.807, 2.05) is 0 Å². The molecule has 0 saturated carbocycles. The molecule has 1 aliphatic rings. The number of hydrogen-bond acceptors (Lipinski definition) is 0. The predicted octanol–water partition coefficient (Wildman–Crippen LogP) is 1.29. The van der Waals surface area contributed by atoms with Gasteiger partial charge in [-0.2, -0.15) is 0 Å². The van der Waals surface area contributed by atoms with E-state index < -0.39 is 0 Å². The zero-order chi connectivity index (χ0) is 5.28. The van der Waals surface area contributed by atoms with Crippen LogP contribution in [0.5, 0.6) is 0 Å². The van der Waals surface area contributed by atoms with Crippen molar-refractivity contribution < 1.29 is 0 Å². The highest BCUT2D eigenvalue weighted by atomic mass is 14.9. The molecule has 1 radical (unpaired) electrons. The highest BCUT2D eigenvalue weighted by Gasteiger charge is 2.04. The van der Waals surface area contributed by atoms with E-state index in [1.54, 1.807) is 0 Å². The SMILES string of the molecule is CC1=C(C)[N]CC1. The predicted molar refractivity (Wildman–Crippen MR) is 30.0 cm³/mol. The van der Waals surface area contributed by atoms with Gasteiger partial charge in [-0.25, -0.2) is 0 Å². The number of nitrogens with zero attached hydrogens (tertiary/aromatic N) is 1. The first-order valence-corrected chi connectivity index (χ1v) is 2.64. The van der Waals surface area contributed by atoms with Crippen molar-refractivity contribution in [3.63, 3.8) is 0 Å². The molecule has 0 aromatic heterocycles. The molecule has 1 heteroatoms. The molecule has 1 aliphatic heterocycles. The van der Waals surface area contributed by atoms with Crippen LogP contribution in [0.2, 0.25) is 0 Å². The van der Waals surface area contributed by atoms with Crippen LogP contribution in [0.3, 0.4) is 0 Å². The van der Waals surface area contributed by atoms with E-state index in [0.29, 0.717) is 0 Å². The summed E-state index contributed by atoms with van der Waals surface area (Å²) in [4.78, 5) is 0. The van der Waals surface area contributed by atoms with E-state index in [9.17, 15) is 0 Å². The van der Waals surface area contributed by atoms with Gasteiger partial charge in [0.05, 0.1) is 0 Å². The van der Waals surface area contributed by atoms with E-state index in [0.717, 1.165) is 6.54 Å². The maximum atomic E-state index is 4.20. The smallest absolute Gasteiger partial charge is 0.0430 e. The van der Waals surface area contributed by atoms with Crippen LogP contribution in [0.1, 0.15) is 20.3 Å². The number of rotatable bonds is 0. The average molecular weight is 96.2 g/mol. The molecule has 0 spiro atoms. The van der Waals surface area contributed by atoms with Crippen LogP contribution in [0.4, 0.5) is 0 Å². The van der Waals surface area contributed by atoms with E-state index >= 15 is 0 Å². The molecule has 0 saturated heterocycles. The zero-order valence-corrected chi connectivity index (χ0v) is 4.86. The Morgan fingerprint density at radius 3 is 2.29 bits per heavy atom. The lowest BCUT2D eigenvalue weighted by Gasteiger charge is -1.87. The minimum atomic E-state index is 1.03. The summed E-state index contributed by atoms with van der Waals surface area (Å²) in [6.07, 6.45) is 1.19. The summed E-state index contributed by atoms with van der Waals surface area (Å²) in [5, 5.41) is 4.20. The summed E-state index contributed by atoms with van der Waals surface area (Å²) in [5.41, 5.74) is 2.71. The van der Waals surface area contributed by atoms with Gasteiger partial charge >= 0.3 is 0 Å². The van der Waals surface area contributed by atoms with Crippen molar-refractivity contribution >= 4 is 0 Å². The lowest BCUT2D eigenvalue weighted by molar-refractivity contribution is 0.856. The zero-order valence-electron chi connectivity index (χ0n) is 4.86. The molecule has 0 aliphatic carbocycles. The summed E-state index contributed by atoms with van der Waals surface area (Å²) >= 11 is 0. The van der Waals surface area contributed by atoms with Gasteiger partial charge in [-0.15, -0.1) is 0 Å².